The first-order chi connectivity index (χ1) is 8.67. The highest BCUT2D eigenvalue weighted by Crippen LogP contribution is 2.27. The van der Waals surface area contributed by atoms with Crippen LogP contribution >= 0.6 is 0 Å². The molecule has 0 saturated heterocycles. The molecule has 2 N–H and O–H groups in total. The maximum atomic E-state index is 6.19. The summed E-state index contributed by atoms with van der Waals surface area (Å²) in [6.45, 7) is 6.53. The Morgan fingerprint density at radius 3 is 2.67 bits per heavy atom. The number of pyridine rings is 1. The summed E-state index contributed by atoms with van der Waals surface area (Å²) in [7, 11) is 0. The van der Waals surface area contributed by atoms with Crippen molar-refractivity contribution < 1.29 is 0 Å². The van der Waals surface area contributed by atoms with Crippen molar-refractivity contribution in [2.75, 3.05) is 0 Å². The summed E-state index contributed by atoms with van der Waals surface area (Å²) in [5.74, 6) is 0.368. The predicted octanol–water partition coefficient (Wildman–Crippen LogP) is 3.64. The van der Waals surface area contributed by atoms with Gasteiger partial charge in [-0.2, -0.15) is 0 Å². The number of rotatable bonds is 4. The average Bonchev–Trinajstić information content (AvgIpc) is 2.44. The maximum Gasteiger partial charge on any atom is 0.0705 e. The number of nitrogens with zero attached hydrogens (tertiary/aromatic N) is 1. The molecule has 0 bridgehead atoms. The lowest BCUT2D eigenvalue weighted by atomic mass is 9.89. The SMILES string of the molecule is CCc1ccc2nccc(C(C)C(N)CC)c2c1. The highest BCUT2D eigenvalue weighted by molar-refractivity contribution is 5.83. The summed E-state index contributed by atoms with van der Waals surface area (Å²) in [6.07, 6.45) is 3.94. The van der Waals surface area contributed by atoms with Crippen molar-refractivity contribution in [3.63, 3.8) is 0 Å². The van der Waals surface area contributed by atoms with Crippen LogP contribution in [-0.2, 0) is 6.42 Å². The molecule has 0 fully saturated rings. The molecule has 0 aliphatic rings. The molecule has 1 heterocycles. The maximum absolute atomic E-state index is 6.19. The summed E-state index contributed by atoms with van der Waals surface area (Å²) < 4.78 is 0. The van der Waals surface area contributed by atoms with E-state index in [1.165, 1.54) is 16.5 Å². The fourth-order valence-electron chi connectivity index (χ4n) is 2.42. The minimum atomic E-state index is 0.209. The van der Waals surface area contributed by atoms with Crippen LogP contribution in [0.2, 0.25) is 0 Å². The molecule has 1 aromatic carbocycles. The molecule has 0 aliphatic heterocycles. The van der Waals surface area contributed by atoms with E-state index in [0.29, 0.717) is 5.92 Å². The molecule has 18 heavy (non-hydrogen) atoms. The number of aromatic nitrogens is 1. The fourth-order valence-corrected chi connectivity index (χ4v) is 2.42. The quantitative estimate of drug-likeness (QED) is 0.889. The number of benzene rings is 1. The second-order valence-electron chi connectivity index (χ2n) is 4.97. The Balaban J connectivity index is 2.55. The first-order valence-corrected chi connectivity index (χ1v) is 6.80. The molecule has 0 radical (unpaired) electrons. The van der Waals surface area contributed by atoms with Gasteiger partial charge in [0, 0.05) is 17.6 Å². The van der Waals surface area contributed by atoms with E-state index in [2.05, 4.69) is 50.0 Å². The average molecular weight is 242 g/mol. The molecule has 2 nitrogen and oxygen atoms in total. The molecule has 2 rings (SSSR count). The van der Waals surface area contributed by atoms with Crippen LogP contribution in [0.3, 0.4) is 0 Å². The van der Waals surface area contributed by atoms with E-state index in [-0.39, 0.29) is 6.04 Å². The molecule has 1 aromatic heterocycles. The summed E-state index contributed by atoms with van der Waals surface area (Å²) >= 11 is 0. The lowest BCUT2D eigenvalue weighted by Gasteiger charge is -2.20. The summed E-state index contributed by atoms with van der Waals surface area (Å²) in [4.78, 5) is 4.44. The number of aryl methyl sites for hydroxylation is 1. The van der Waals surface area contributed by atoms with Gasteiger partial charge in [-0.3, -0.25) is 4.98 Å². The van der Waals surface area contributed by atoms with Crippen LogP contribution in [0.25, 0.3) is 10.9 Å². The molecule has 0 aliphatic carbocycles. The van der Waals surface area contributed by atoms with Crippen molar-refractivity contribution in [3.05, 3.63) is 41.6 Å². The highest BCUT2D eigenvalue weighted by atomic mass is 14.7. The van der Waals surface area contributed by atoms with Crippen molar-refractivity contribution in [2.45, 2.75) is 45.6 Å². The lowest BCUT2D eigenvalue weighted by Crippen LogP contribution is -2.25. The van der Waals surface area contributed by atoms with Gasteiger partial charge in [0.2, 0.25) is 0 Å². The predicted molar refractivity (Wildman–Crippen MR) is 77.8 cm³/mol. The molecule has 0 amide bonds. The fraction of sp³-hybridized carbons (Fsp3) is 0.438. The van der Waals surface area contributed by atoms with Gasteiger partial charge in [-0.15, -0.1) is 0 Å². The summed E-state index contributed by atoms with van der Waals surface area (Å²) in [5.41, 5.74) is 9.94. The molecule has 2 aromatic rings. The molecule has 2 atom stereocenters. The van der Waals surface area contributed by atoms with Crippen molar-refractivity contribution in [2.24, 2.45) is 5.73 Å². The van der Waals surface area contributed by atoms with Crippen LogP contribution in [-0.4, -0.2) is 11.0 Å². The third kappa shape index (κ3) is 2.39. The largest absolute Gasteiger partial charge is 0.327 e. The molecular formula is C16H22N2. The van der Waals surface area contributed by atoms with Crippen molar-refractivity contribution >= 4 is 10.9 Å². The topological polar surface area (TPSA) is 38.9 Å². The minimum absolute atomic E-state index is 0.209. The minimum Gasteiger partial charge on any atom is -0.327 e. The van der Waals surface area contributed by atoms with Gasteiger partial charge in [-0.25, -0.2) is 0 Å². The zero-order chi connectivity index (χ0) is 13.1. The molecule has 0 spiro atoms. The normalized spacial score (nSPS) is 14.7. The zero-order valence-corrected chi connectivity index (χ0v) is 11.5. The van der Waals surface area contributed by atoms with E-state index >= 15 is 0 Å². The van der Waals surface area contributed by atoms with E-state index in [4.69, 9.17) is 5.73 Å². The molecule has 2 unspecified atom stereocenters. The second kappa shape index (κ2) is 5.49. The van der Waals surface area contributed by atoms with E-state index in [9.17, 15) is 0 Å². The molecule has 96 valence electrons. The second-order valence-corrected chi connectivity index (χ2v) is 4.97. The Labute approximate surface area is 109 Å². The summed E-state index contributed by atoms with van der Waals surface area (Å²) in [6, 6.07) is 8.85. The Kier molecular flexibility index (Phi) is 3.97. The zero-order valence-electron chi connectivity index (χ0n) is 11.5. The first kappa shape index (κ1) is 13.0. The van der Waals surface area contributed by atoms with Crippen molar-refractivity contribution in [1.29, 1.82) is 0 Å². The Morgan fingerprint density at radius 1 is 1.22 bits per heavy atom. The first-order valence-electron chi connectivity index (χ1n) is 6.80. The van der Waals surface area contributed by atoms with E-state index in [1.807, 2.05) is 6.20 Å². The Bertz CT molecular complexity index is 534. The van der Waals surface area contributed by atoms with Gasteiger partial charge in [0.05, 0.1) is 5.52 Å². The van der Waals surface area contributed by atoms with Gasteiger partial charge in [-0.05, 0) is 48.1 Å². The van der Waals surface area contributed by atoms with Crippen LogP contribution in [0.4, 0.5) is 0 Å². The van der Waals surface area contributed by atoms with Crippen LogP contribution in [0, 0.1) is 0 Å². The van der Waals surface area contributed by atoms with Crippen LogP contribution in [0.15, 0.2) is 30.5 Å². The number of hydrogen-bond donors (Lipinski definition) is 1. The van der Waals surface area contributed by atoms with Crippen LogP contribution < -0.4 is 5.73 Å². The van der Waals surface area contributed by atoms with E-state index < -0.39 is 0 Å². The van der Waals surface area contributed by atoms with E-state index in [0.717, 1.165) is 18.4 Å². The van der Waals surface area contributed by atoms with E-state index in [1.54, 1.807) is 0 Å². The number of nitrogens with two attached hydrogens (primary N) is 1. The van der Waals surface area contributed by atoms with Gasteiger partial charge < -0.3 is 5.73 Å². The standard InChI is InChI=1S/C16H22N2/c1-4-12-6-7-16-14(10-12)13(8-9-18-16)11(3)15(17)5-2/h6-11,15H,4-5,17H2,1-3H3. The summed E-state index contributed by atoms with van der Waals surface area (Å²) in [5, 5.41) is 1.26. The van der Waals surface area contributed by atoms with Crippen LogP contribution in [0.5, 0.6) is 0 Å². The third-order valence-corrected chi connectivity index (χ3v) is 3.85. The van der Waals surface area contributed by atoms with Crippen LogP contribution in [0.1, 0.15) is 44.2 Å². The van der Waals surface area contributed by atoms with Gasteiger partial charge in [-0.1, -0.05) is 26.8 Å². The monoisotopic (exact) mass is 242 g/mol. The Morgan fingerprint density at radius 2 is 2.00 bits per heavy atom. The molecule has 2 heteroatoms. The van der Waals surface area contributed by atoms with Crippen molar-refractivity contribution in [3.8, 4) is 0 Å². The third-order valence-electron chi connectivity index (χ3n) is 3.85. The van der Waals surface area contributed by atoms with Gasteiger partial charge in [0.15, 0.2) is 0 Å². The van der Waals surface area contributed by atoms with Gasteiger partial charge in [0.1, 0.15) is 0 Å². The lowest BCUT2D eigenvalue weighted by molar-refractivity contribution is 0.554. The smallest absolute Gasteiger partial charge is 0.0705 e. The number of hydrogen-bond acceptors (Lipinski definition) is 2. The van der Waals surface area contributed by atoms with Crippen molar-refractivity contribution in [1.82, 2.24) is 4.98 Å². The Hall–Kier alpha value is -1.41. The molecular weight excluding hydrogens is 220 g/mol. The number of fused-ring (bicyclic) bond motifs is 1. The highest BCUT2D eigenvalue weighted by Gasteiger charge is 2.15. The molecule has 0 saturated carbocycles. The van der Waals surface area contributed by atoms with Gasteiger partial charge >= 0.3 is 0 Å². The van der Waals surface area contributed by atoms with Gasteiger partial charge in [0.25, 0.3) is 0 Å².